The van der Waals surface area contributed by atoms with Gasteiger partial charge in [0.05, 0.1) is 33.8 Å². The van der Waals surface area contributed by atoms with E-state index in [9.17, 15) is 19.0 Å². The lowest BCUT2D eigenvalue weighted by Crippen LogP contribution is -2.47. The molecule has 0 fully saturated rings. The standard InChI is InChI=1S/C62H115N2O7P/c1-7-10-13-16-19-22-25-27-29-30-31-32-33-34-35-37-40-43-46-49-52-55-62(66)71-60(53-50-47-44-41-38-24-21-18-15-12-9-3)59(58-70-72(67,68)69-57-56-64(4,5)6)63-61(65)54-51-48-45-42-39-36-28-26-23-20-17-14-11-8-2/h19,22,27,29,31-32,36,39,50,53,59-60H,7-18,20-21,23-26,28,30,33-35,37-38,40-49,51-52,54-58H2,1-6H3,(H-,63,65,67,68)/b22-19-,29-27-,32-31-,39-36-,53-50-. The summed E-state index contributed by atoms with van der Waals surface area (Å²) in [6.45, 7) is 6.79. The lowest BCUT2D eigenvalue weighted by molar-refractivity contribution is -0.870. The van der Waals surface area contributed by atoms with Crippen molar-refractivity contribution in [2.45, 2.75) is 283 Å². The lowest BCUT2D eigenvalue weighted by Gasteiger charge is -2.30. The van der Waals surface area contributed by atoms with Crippen molar-refractivity contribution >= 4 is 19.7 Å². The molecule has 1 amide bonds. The number of carbonyl (C=O) groups excluding carboxylic acids is 2. The van der Waals surface area contributed by atoms with Crippen molar-refractivity contribution in [1.29, 1.82) is 0 Å². The normalized spacial score (nSPS) is 14.2. The molecule has 0 aromatic carbocycles. The second-order valence-electron chi connectivity index (χ2n) is 21.5. The van der Waals surface area contributed by atoms with Gasteiger partial charge < -0.3 is 28.5 Å². The Hall–Kier alpha value is -2.29. The van der Waals surface area contributed by atoms with Crippen molar-refractivity contribution in [2.24, 2.45) is 0 Å². The second-order valence-corrected chi connectivity index (χ2v) is 22.9. The third kappa shape index (κ3) is 52.6. The first-order valence-corrected chi connectivity index (χ1v) is 31.6. The average molecular weight is 1030 g/mol. The van der Waals surface area contributed by atoms with E-state index >= 15 is 0 Å². The molecule has 1 N–H and O–H groups in total. The minimum absolute atomic E-state index is 0.0273. The molecular formula is C62H115N2O7P. The van der Waals surface area contributed by atoms with Crippen LogP contribution in [-0.2, 0) is 27.9 Å². The summed E-state index contributed by atoms with van der Waals surface area (Å²) in [5.41, 5.74) is 0. The largest absolute Gasteiger partial charge is 0.756 e. The number of likely N-dealkylation sites (N-methyl/N-ethyl adjacent to an activating group) is 1. The molecule has 0 saturated heterocycles. The first-order valence-electron chi connectivity index (χ1n) is 30.1. The Balaban J connectivity index is 5.25. The van der Waals surface area contributed by atoms with Gasteiger partial charge in [0, 0.05) is 12.8 Å². The summed E-state index contributed by atoms with van der Waals surface area (Å²) in [5, 5.41) is 3.01. The molecule has 0 aliphatic heterocycles. The van der Waals surface area contributed by atoms with Crippen molar-refractivity contribution in [2.75, 3.05) is 40.9 Å². The highest BCUT2D eigenvalue weighted by Gasteiger charge is 2.27. The Morgan fingerprint density at radius 3 is 1.32 bits per heavy atom. The van der Waals surface area contributed by atoms with Crippen LogP contribution in [0.3, 0.4) is 0 Å². The predicted molar refractivity (Wildman–Crippen MR) is 307 cm³/mol. The van der Waals surface area contributed by atoms with Gasteiger partial charge in [0.15, 0.2) is 0 Å². The molecule has 0 radical (unpaired) electrons. The number of rotatable bonds is 54. The molecule has 0 spiro atoms. The summed E-state index contributed by atoms with van der Waals surface area (Å²) < 4.78 is 30.2. The molecule has 420 valence electrons. The van der Waals surface area contributed by atoms with Gasteiger partial charge in [-0.3, -0.25) is 14.2 Å². The molecule has 0 aliphatic carbocycles. The van der Waals surface area contributed by atoms with E-state index in [-0.39, 0.29) is 24.9 Å². The van der Waals surface area contributed by atoms with Gasteiger partial charge in [-0.15, -0.1) is 0 Å². The summed E-state index contributed by atoms with van der Waals surface area (Å²) >= 11 is 0. The summed E-state index contributed by atoms with van der Waals surface area (Å²) in [7, 11) is 1.17. The monoisotopic (exact) mass is 1030 g/mol. The van der Waals surface area contributed by atoms with Crippen molar-refractivity contribution in [3.8, 4) is 0 Å². The lowest BCUT2D eigenvalue weighted by atomic mass is 10.1. The number of unbranched alkanes of at least 4 members (excludes halogenated alkanes) is 30. The number of quaternary nitrogens is 1. The Morgan fingerprint density at radius 2 is 0.847 bits per heavy atom. The quantitative estimate of drug-likeness (QED) is 0.0212. The van der Waals surface area contributed by atoms with Gasteiger partial charge in [-0.05, 0) is 96.0 Å². The Labute approximate surface area is 445 Å². The zero-order chi connectivity index (χ0) is 52.9. The van der Waals surface area contributed by atoms with Crippen LogP contribution < -0.4 is 10.2 Å². The second kappa shape index (κ2) is 52.2. The number of ether oxygens (including phenoxy) is 1. The summed E-state index contributed by atoms with van der Waals surface area (Å²) in [6, 6.07) is -0.899. The van der Waals surface area contributed by atoms with E-state index in [0.29, 0.717) is 23.9 Å². The molecule has 0 aliphatic rings. The predicted octanol–water partition coefficient (Wildman–Crippen LogP) is 17.6. The van der Waals surface area contributed by atoms with E-state index < -0.39 is 26.6 Å². The smallest absolute Gasteiger partial charge is 0.306 e. The SMILES string of the molecule is CCCCC/C=C\C/C=C\C/C=C\CCCCCCCCCCC(=O)OC(/C=C\CCCCCCCCCCC)C(COP(=O)([O-])OCC[N+](C)(C)C)NC(=O)CCCCC/C=C\CCCCCCCCC. The molecule has 9 nitrogen and oxygen atoms in total. The first kappa shape index (κ1) is 69.7. The number of hydrogen-bond donors (Lipinski definition) is 1. The van der Waals surface area contributed by atoms with Crippen molar-refractivity contribution in [1.82, 2.24) is 5.32 Å². The number of esters is 1. The van der Waals surface area contributed by atoms with E-state index in [0.717, 1.165) is 89.9 Å². The van der Waals surface area contributed by atoms with E-state index in [2.05, 4.69) is 74.7 Å². The van der Waals surface area contributed by atoms with E-state index in [1.54, 1.807) is 0 Å². The molecule has 10 heteroatoms. The molecule has 3 atom stereocenters. The van der Waals surface area contributed by atoms with Crippen LogP contribution in [0.25, 0.3) is 0 Å². The fourth-order valence-electron chi connectivity index (χ4n) is 8.46. The van der Waals surface area contributed by atoms with Crippen molar-refractivity contribution in [3.63, 3.8) is 0 Å². The Kier molecular flexibility index (Phi) is 50.5. The van der Waals surface area contributed by atoms with Gasteiger partial charge >= 0.3 is 5.97 Å². The van der Waals surface area contributed by atoms with Crippen LogP contribution in [0.2, 0.25) is 0 Å². The van der Waals surface area contributed by atoms with Crippen LogP contribution in [0.5, 0.6) is 0 Å². The number of hydrogen-bond acceptors (Lipinski definition) is 7. The fourth-order valence-corrected chi connectivity index (χ4v) is 9.19. The summed E-state index contributed by atoms with van der Waals surface area (Å²) in [5.74, 6) is -0.566. The highest BCUT2D eigenvalue weighted by molar-refractivity contribution is 7.45. The van der Waals surface area contributed by atoms with Crippen LogP contribution in [-0.4, -0.2) is 69.4 Å². The third-order valence-electron chi connectivity index (χ3n) is 13.2. The van der Waals surface area contributed by atoms with E-state index in [4.69, 9.17) is 13.8 Å². The molecule has 3 unspecified atom stereocenters. The Morgan fingerprint density at radius 1 is 0.486 bits per heavy atom. The van der Waals surface area contributed by atoms with Crippen LogP contribution in [0.15, 0.2) is 60.8 Å². The average Bonchev–Trinajstić information content (AvgIpc) is 3.34. The van der Waals surface area contributed by atoms with E-state index in [1.165, 1.54) is 141 Å². The molecule has 0 aromatic rings. The third-order valence-corrected chi connectivity index (χ3v) is 14.1. The van der Waals surface area contributed by atoms with Gasteiger partial charge in [-0.2, -0.15) is 0 Å². The van der Waals surface area contributed by atoms with Gasteiger partial charge in [0.1, 0.15) is 19.3 Å². The van der Waals surface area contributed by atoms with Gasteiger partial charge in [0.25, 0.3) is 7.82 Å². The molecule has 0 saturated carbocycles. The van der Waals surface area contributed by atoms with Gasteiger partial charge in [-0.1, -0.05) is 223 Å². The molecule has 72 heavy (non-hydrogen) atoms. The molecule has 0 aromatic heterocycles. The molecule has 0 heterocycles. The number of carbonyl (C=O) groups is 2. The number of nitrogens with zero attached hydrogens (tertiary/aromatic N) is 1. The zero-order valence-electron chi connectivity index (χ0n) is 47.9. The fraction of sp³-hybridized carbons (Fsp3) is 0.806. The number of phosphoric acid groups is 1. The van der Waals surface area contributed by atoms with E-state index in [1.807, 2.05) is 33.3 Å². The number of nitrogens with one attached hydrogen (secondary N) is 1. The summed E-state index contributed by atoms with van der Waals surface area (Å²) in [6.07, 6.45) is 64.7. The zero-order valence-corrected chi connectivity index (χ0v) is 48.8. The molecule has 0 bridgehead atoms. The Bertz CT molecular complexity index is 1420. The van der Waals surface area contributed by atoms with Crippen LogP contribution in [0, 0.1) is 0 Å². The van der Waals surface area contributed by atoms with Gasteiger partial charge in [-0.25, -0.2) is 0 Å². The van der Waals surface area contributed by atoms with Gasteiger partial charge in [0.2, 0.25) is 5.91 Å². The van der Waals surface area contributed by atoms with Crippen LogP contribution in [0.4, 0.5) is 0 Å². The van der Waals surface area contributed by atoms with Crippen LogP contribution >= 0.6 is 7.82 Å². The maximum Gasteiger partial charge on any atom is 0.306 e. The minimum atomic E-state index is -4.70. The minimum Gasteiger partial charge on any atom is -0.756 e. The topological polar surface area (TPSA) is 114 Å². The number of phosphoric ester groups is 1. The van der Waals surface area contributed by atoms with Crippen LogP contribution in [0.1, 0.15) is 271 Å². The van der Waals surface area contributed by atoms with Crippen molar-refractivity contribution in [3.05, 3.63) is 60.8 Å². The maximum absolute atomic E-state index is 13.5. The summed E-state index contributed by atoms with van der Waals surface area (Å²) in [4.78, 5) is 39.9. The number of amides is 1. The first-order chi connectivity index (χ1) is 34.9. The van der Waals surface area contributed by atoms with Crippen molar-refractivity contribution < 1.29 is 37.3 Å². The molecular weight excluding hydrogens is 916 g/mol. The highest BCUT2D eigenvalue weighted by Crippen LogP contribution is 2.38. The highest BCUT2D eigenvalue weighted by atomic mass is 31.2. The maximum atomic E-state index is 13.5. The number of allylic oxidation sites excluding steroid dienone is 9. The molecule has 0 rings (SSSR count).